The van der Waals surface area contributed by atoms with Crippen LogP contribution in [0.3, 0.4) is 0 Å². The van der Waals surface area contributed by atoms with Gasteiger partial charge in [0, 0.05) is 12.3 Å². The minimum absolute atomic E-state index is 0.118. The first-order valence-electron chi connectivity index (χ1n) is 8.66. The van der Waals surface area contributed by atoms with Crippen molar-refractivity contribution >= 4 is 34.4 Å². The van der Waals surface area contributed by atoms with Crippen LogP contribution in [0.2, 0.25) is 0 Å². The largest absolute Gasteiger partial charge is 0.376 e. The van der Waals surface area contributed by atoms with Crippen LogP contribution in [0.4, 0.5) is 5.69 Å². The van der Waals surface area contributed by atoms with Gasteiger partial charge in [0.15, 0.2) is 0 Å². The smallest absolute Gasteiger partial charge is 0.323 e. The van der Waals surface area contributed by atoms with Gasteiger partial charge < -0.3 is 20.0 Å². The van der Waals surface area contributed by atoms with E-state index in [0.29, 0.717) is 28.4 Å². The molecule has 0 saturated carbocycles. The molecule has 27 heavy (non-hydrogen) atoms. The Morgan fingerprint density at radius 1 is 1.44 bits per heavy atom. The minimum atomic E-state index is -0.403. The number of thioether (sulfide) groups is 1. The van der Waals surface area contributed by atoms with Crippen molar-refractivity contribution in [1.82, 2.24) is 30.2 Å². The summed E-state index contributed by atoms with van der Waals surface area (Å²) in [4.78, 5) is 29.2. The van der Waals surface area contributed by atoms with Crippen LogP contribution >= 0.6 is 11.8 Å². The van der Waals surface area contributed by atoms with Crippen LogP contribution in [-0.4, -0.2) is 54.0 Å². The Balaban J connectivity index is 1.40. The maximum atomic E-state index is 12.5. The summed E-state index contributed by atoms with van der Waals surface area (Å²) in [6.45, 7) is 3.15. The molecule has 3 aromatic rings. The normalized spacial score (nSPS) is 18.0. The Kier molecular flexibility index (Phi) is 4.94. The lowest BCUT2D eigenvalue weighted by Gasteiger charge is -2.13. The molecule has 2 aromatic heterocycles. The molecule has 0 radical (unpaired) electrons. The summed E-state index contributed by atoms with van der Waals surface area (Å²) in [5, 5.41) is 14.8. The molecule has 1 saturated heterocycles. The fourth-order valence-electron chi connectivity index (χ4n) is 2.94. The molecule has 1 fully saturated rings. The predicted octanol–water partition coefficient (Wildman–Crippen LogP) is 1.14. The number of ether oxygens (including phenoxy) is 1. The van der Waals surface area contributed by atoms with Gasteiger partial charge in [-0.2, -0.15) is 0 Å². The first-order chi connectivity index (χ1) is 13.1. The number of benzene rings is 1. The summed E-state index contributed by atoms with van der Waals surface area (Å²) in [7, 11) is 0. The van der Waals surface area contributed by atoms with Crippen LogP contribution in [0.1, 0.15) is 19.8 Å². The molecule has 11 heteroatoms. The van der Waals surface area contributed by atoms with Crippen molar-refractivity contribution in [1.29, 1.82) is 0 Å². The Morgan fingerprint density at radius 3 is 3.11 bits per heavy atom. The second-order valence-electron chi connectivity index (χ2n) is 6.37. The van der Waals surface area contributed by atoms with E-state index in [4.69, 9.17) is 4.74 Å². The number of anilines is 1. The molecule has 10 nitrogen and oxygen atoms in total. The van der Waals surface area contributed by atoms with E-state index in [-0.39, 0.29) is 17.7 Å². The maximum absolute atomic E-state index is 12.5. The van der Waals surface area contributed by atoms with Gasteiger partial charge in [-0.1, -0.05) is 11.8 Å². The van der Waals surface area contributed by atoms with Crippen molar-refractivity contribution in [3.05, 3.63) is 28.7 Å². The predicted molar refractivity (Wildman–Crippen MR) is 99.7 cm³/mol. The van der Waals surface area contributed by atoms with Gasteiger partial charge in [0.05, 0.1) is 28.9 Å². The number of amides is 1. The SMILES string of the molecule is C[C@@H](Sc1nnnn1C[C@H]1CCCO1)C(=O)Nc1ccc2[nH]c(=O)[nH]c2c1. The standard InChI is InChI=1S/C16H19N7O3S/c1-9(27-16-20-21-22-23(16)8-11-3-2-6-26-11)14(24)17-10-4-5-12-13(7-10)19-15(25)18-12/h4-5,7,9,11H,2-3,6,8H2,1H3,(H,17,24)(H2,18,19,25)/t9-,11-/m1/s1. The zero-order valence-corrected chi connectivity index (χ0v) is 15.5. The third-order valence-electron chi connectivity index (χ3n) is 4.33. The van der Waals surface area contributed by atoms with E-state index in [1.54, 1.807) is 29.8 Å². The molecule has 4 rings (SSSR count). The van der Waals surface area contributed by atoms with Crippen LogP contribution in [-0.2, 0) is 16.1 Å². The van der Waals surface area contributed by atoms with Crippen LogP contribution < -0.4 is 11.0 Å². The Labute approximate surface area is 158 Å². The van der Waals surface area contributed by atoms with E-state index in [1.807, 2.05) is 0 Å². The second kappa shape index (κ2) is 7.53. The van der Waals surface area contributed by atoms with Crippen LogP contribution in [0, 0.1) is 0 Å². The highest BCUT2D eigenvalue weighted by atomic mass is 32.2. The Hall–Kier alpha value is -2.66. The number of hydrogen-bond donors (Lipinski definition) is 3. The Bertz CT molecular complexity index is 1000. The topological polar surface area (TPSA) is 131 Å². The molecule has 0 bridgehead atoms. The van der Waals surface area contributed by atoms with E-state index in [0.717, 1.165) is 19.4 Å². The lowest BCUT2D eigenvalue weighted by Crippen LogP contribution is -2.23. The van der Waals surface area contributed by atoms with Gasteiger partial charge in [-0.3, -0.25) is 4.79 Å². The maximum Gasteiger partial charge on any atom is 0.323 e. The number of carbonyl (C=O) groups excluding carboxylic acids is 1. The van der Waals surface area contributed by atoms with E-state index in [9.17, 15) is 9.59 Å². The summed E-state index contributed by atoms with van der Waals surface area (Å²) >= 11 is 1.29. The molecular weight excluding hydrogens is 370 g/mol. The van der Waals surface area contributed by atoms with Crippen molar-refractivity contribution < 1.29 is 9.53 Å². The molecule has 1 amide bonds. The highest BCUT2D eigenvalue weighted by Crippen LogP contribution is 2.24. The van der Waals surface area contributed by atoms with E-state index in [2.05, 4.69) is 30.8 Å². The number of H-pyrrole nitrogens is 2. The van der Waals surface area contributed by atoms with Crippen molar-refractivity contribution in [2.75, 3.05) is 11.9 Å². The number of hydrogen-bond acceptors (Lipinski definition) is 7. The molecule has 0 aliphatic carbocycles. The van der Waals surface area contributed by atoms with E-state index >= 15 is 0 Å². The monoisotopic (exact) mass is 389 g/mol. The van der Waals surface area contributed by atoms with Crippen LogP contribution in [0.15, 0.2) is 28.2 Å². The highest BCUT2D eigenvalue weighted by molar-refractivity contribution is 8.00. The molecule has 3 N–H and O–H groups in total. The van der Waals surface area contributed by atoms with Gasteiger partial charge in [-0.25, -0.2) is 9.48 Å². The van der Waals surface area contributed by atoms with Crippen molar-refractivity contribution in [3.8, 4) is 0 Å². The van der Waals surface area contributed by atoms with E-state index < -0.39 is 5.25 Å². The zero-order valence-electron chi connectivity index (χ0n) is 14.6. The van der Waals surface area contributed by atoms with Gasteiger partial charge in [-0.15, -0.1) is 5.10 Å². The van der Waals surface area contributed by atoms with Crippen molar-refractivity contribution in [3.63, 3.8) is 0 Å². The van der Waals surface area contributed by atoms with Crippen LogP contribution in [0.5, 0.6) is 0 Å². The molecule has 1 aromatic carbocycles. The van der Waals surface area contributed by atoms with Gasteiger partial charge in [0.25, 0.3) is 0 Å². The number of fused-ring (bicyclic) bond motifs is 1. The summed E-state index contributed by atoms with van der Waals surface area (Å²) < 4.78 is 7.30. The number of carbonyl (C=O) groups is 1. The summed E-state index contributed by atoms with van der Waals surface area (Å²) in [6.07, 6.45) is 2.15. The number of nitrogens with zero attached hydrogens (tertiary/aromatic N) is 4. The Morgan fingerprint density at radius 2 is 2.30 bits per heavy atom. The number of tetrazole rings is 1. The molecule has 142 valence electrons. The first-order valence-corrected chi connectivity index (χ1v) is 9.54. The number of aromatic amines is 2. The lowest BCUT2D eigenvalue weighted by atomic mass is 10.2. The number of rotatable bonds is 6. The fraction of sp³-hybridized carbons (Fsp3) is 0.438. The molecule has 1 aliphatic heterocycles. The molecule has 3 heterocycles. The fourth-order valence-corrected chi connectivity index (χ4v) is 3.74. The van der Waals surface area contributed by atoms with Crippen molar-refractivity contribution in [2.24, 2.45) is 0 Å². The molecule has 0 unspecified atom stereocenters. The highest BCUT2D eigenvalue weighted by Gasteiger charge is 2.22. The average molecular weight is 389 g/mol. The minimum Gasteiger partial charge on any atom is -0.376 e. The van der Waals surface area contributed by atoms with Crippen LogP contribution in [0.25, 0.3) is 11.0 Å². The average Bonchev–Trinajstić information content (AvgIpc) is 3.36. The molecule has 2 atom stereocenters. The van der Waals surface area contributed by atoms with Gasteiger partial charge in [0.1, 0.15) is 0 Å². The number of aromatic nitrogens is 6. The summed E-state index contributed by atoms with van der Waals surface area (Å²) in [6, 6.07) is 5.19. The van der Waals surface area contributed by atoms with Crippen molar-refractivity contribution in [2.45, 2.75) is 42.8 Å². The summed E-state index contributed by atoms with van der Waals surface area (Å²) in [5.74, 6) is -0.177. The second-order valence-corrected chi connectivity index (χ2v) is 7.68. The third kappa shape index (κ3) is 4.03. The molecule has 1 aliphatic rings. The molecular formula is C16H19N7O3S. The lowest BCUT2D eigenvalue weighted by molar-refractivity contribution is -0.115. The van der Waals surface area contributed by atoms with Gasteiger partial charge in [-0.05, 0) is 48.4 Å². The summed E-state index contributed by atoms with van der Waals surface area (Å²) in [5.41, 5.74) is 1.65. The first kappa shape index (κ1) is 17.7. The quantitative estimate of drug-likeness (QED) is 0.539. The van der Waals surface area contributed by atoms with E-state index in [1.165, 1.54) is 11.8 Å². The molecule has 0 spiro atoms. The zero-order chi connectivity index (χ0) is 18.8. The third-order valence-corrected chi connectivity index (χ3v) is 5.41. The number of nitrogens with one attached hydrogen (secondary N) is 3. The van der Waals surface area contributed by atoms with Gasteiger partial charge in [0.2, 0.25) is 11.1 Å². The van der Waals surface area contributed by atoms with Gasteiger partial charge >= 0.3 is 5.69 Å². The number of imidazole rings is 1.